The molecule has 0 spiro atoms. The van der Waals surface area contributed by atoms with E-state index in [9.17, 15) is 13.2 Å². The first-order valence-electron chi connectivity index (χ1n) is 5.85. The minimum Gasteiger partial charge on any atom is -0.217 e. The number of alkyl halides is 3. The molecule has 0 N–H and O–H groups in total. The Morgan fingerprint density at radius 1 is 1.20 bits per heavy atom. The van der Waals surface area contributed by atoms with Crippen LogP contribution in [0.3, 0.4) is 0 Å². The Bertz CT molecular complexity index is 754. The summed E-state index contributed by atoms with van der Waals surface area (Å²) in [5, 5.41) is 5.06. The lowest BCUT2D eigenvalue weighted by atomic mass is 10.0. The van der Waals surface area contributed by atoms with E-state index in [1.54, 1.807) is 16.8 Å². The molecule has 0 fully saturated rings. The van der Waals surface area contributed by atoms with Crippen molar-refractivity contribution in [2.75, 3.05) is 0 Å². The molecule has 0 unspecified atom stereocenters. The van der Waals surface area contributed by atoms with Crippen LogP contribution in [-0.4, -0.2) is 14.6 Å². The van der Waals surface area contributed by atoms with Crippen LogP contribution in [0.25, 0.3) is 16.2 Å². The van der Waals surface area contributed by atoms with Gasteiger partial charge in [0, 0.05) is 5.56 Å². The third-order valence-electron chi connectivity index (χ3n) is 2.98. The SMILES string of the molecule is Cc1nn2cc(-c3ccc(C)c(C(F)(F)F)c3)nc2s1. The summed E-state index contributed by atoms with van der Waals surface area (Å²) in [7, 11) is 0. The number of fused-ring (bicyclic) bond motifs is 1. The normalized spacial score (nSPS) is 12.2. The summed E-state index contributed by atoms with van der Waals surface area (Å²) in [5.41, 5.74) is 0.513. The molecule has 0 atom stereocenters. The van der Waals surface area contributed by atoms with Crippen LogP contribution < -0.4 is 0 Å². The molecule has 0 aliphatic carbocycles. The van der Waals surface area contributed by atoms with Gasteiger partial charge < -0.3 is 0 Å². The molecule has 1 aromatic carbocycles. The molecule has 3 aromatic rings. The topological polar surface area (TPSA) is 30.2 Å². The number of hydrogen-bond acceptors (Lipinski definition) is 3. The van der Waals surface area contributed by atoms with Crippen molar-refractivity contribution in [3.63, 3.8) is 0 Å². The summed E-state index contributed by atoms with van der Waals surface area (Å²) in [4.78, 5) is 4.98. The molecule has 0 saturated carbocycles. The van der Waals surface area contributed by atoms with E-state index in [1.165, 1.54) is 24.3 Å². The number of rotatable bonds is 1. The minimum absolute atomic E-state index is 0.205. The zero-order valence-corrected chi connectivity index (χ0v) is 11.5. The number of nitrogens with zero attached hydrogens (tertiary/aromatic N) is 3. The van der Waals surface area contributed by atoms with Gasteiger partial charge in [0.2, 0.25) is 4.96 Å². The van der Waals surface area contributed by atoms with Gasteiger partial charge in [-0.05, 0) is 25.5 Å². The van der Waals surface area contributed by atoms with E-state index in [2.05, 4.69) is 10.1 Å². The molecule has 0 bridgehead atoms. The van der Waals surface area contributed by atoms with Crippen molar-refractivity contribution >= 4 is 16.3 Å². The van der Waals surface area contributed by atoms with Crippen LogP contribution in [0, 0.1) is 13.8 Å². The molecule has 7 heteroatoms. The van der Waals surface area contributed by atoms with Gasteiger partial charge in [-0.15, -0.1) is 0 Å². The van der Waals surface area contributed by atoms with Crippen molar-refractivity contribution in [3.8, 4) is 11.3 Å². The van der Waals surface area contributed by atoms with Crippen molar-refractivity contribution in [1.82, 2.24) is 14.6 Å². The van der Waals surface area contributed by atoms with Gasteiger partial charge in [-0.25, -0.2) is 9.50 Å². The molecular weight excluding hydrogens is 287 g/mol. The quantitative estimate of drug-likeness (QED) is 0.677. The van der Waals surface area contributed by atoms with Gasteiger partial charge in [0.25, 0.3) is 0 Å². The van der Waals surface area contributed by atoms with Crippen LogP contribution in [0.1, 0.15) is 16.1 Å². The highest BCUT2D eigenvalue weighted by molar-refractivity contribution is 7.16. The number of imidazole rings is 1. The standard InChI is InChI=1S/C13H10F3N3S/c1-7-3-4-9(5-10(7)13(14,15)16)11-6-19-12(17-11)20-8(2)18-19/h3-6H,1-2H3. The zero-order valence-electron chi connectivity index (χ0n) is 10.7. The number of halogens is 3. The fourth-order valence-electron chi connectivity index (χ4n) is 2.03. The molecule has 2 aromatic heterocycles. The van der Waals surface area contributed by atoms with Gasteiger partial charge in [0.15, 0.2) is 0 Å². The van der Waals surface area contributed by atoms with Crippen LogP contribution in [0.5, 0.6) is 0 Å². The van der Waals surface area contributed by atoms with Gasteiger partial charge in [-0.3, -0.25) is 0 Å². The van der Waals surface area contributed by atoms with Crippen molar-refractivity contribution in [1.29, 1.82) is 0 Å². The van der Waals surface area contributed by atoms with Crippen molar-refractivity contribution in [2.24, 2.45) is 0 Å². The fraction of sp³-hybridized carbons (Fsp3) is 0.231. The lowest BCUT2D eigenvalue weighted by Crippen LogP contribution is -2.07. The van der Waals surface area contributed by atoms with Gasteiger partial charge in [0.1, 0.15) is 5.01 Å². The second kappa shape index (κ2) is 4.31. The van der Waals surface area contributed by atoms with E-state index in [4.69, 9.17) is 0 Å². The number of benzene rings is 1. The van der Waals surface area contributed by atoms with E-state index in [1.807, 2.05) is 6.92 Å². The monoisotopic (exact) mass is 297 g/mol. The second-order valence-electron chi connectivity index (χ2n) is 4.50. The first-order valence-corrected chi connectivity index (χ1v) is 6.67. The van der Waals surface area contributed by atoms with Crippen LogP contribution >= 0.6 is 11.3 Å². The molecule has 3 rings (SSSR count). The van der Waals surface area contributed by atoms with E-state index < -0.39 is 11.7 Å². The van der Waals surface area contributed by atoms with Gasteiger partial charge in [0.05, 0.1) is 17.5 Å². The molecule has 0 saturated heterocycles. The fourth-order valence-corrected chi connectivity index (χ4v) is 2.75. The maximum atomic E-state index is 12.9. The first kappa shape index (κ1) is 13.1. The van der Waals surface area contributed by atoms with Gasteiger partial charge in [-0.2, -0.15) is 18.3 Å². The van der Waals surface area contributed by atoms with Crippen molar-refractivity contribution in [3.05, 3.63) is 40.5 Å². The smallest absolute Gasteiger partial charge is 0.217 e. The van der Waals surface area contributed by atoms with Crippen LogP contribution in [0.4, 0.5) is 13.2 Å². The van der Waals surface area contributed by atoms with Crippen molar-refractivity contribution < 1.29 is 13.2 Å². The Morgan fingerprint density at radius 2 is 1.95 bits per heavy atom. The predicted molar refractivity (Wildman–Crippen MR) is 70.8 cm³/mol. The molecule has 104 valence electrons. The highest BCUT2D eigenvalue weighted by atomic mass is 32.1. The summed E-state index contributed by atoms with van der Waals surface area (Å²) < 4.78 is 40.3. The molecular formula is C13H10F3N3S. The molecule has 0 radical (unpaired) electrons. The maximum absolute atomic E-state index is 12.9. The summed E-state index contributed by atoms with van der Waals surface area (Å²) in [6.07, 6.45) is -2.71. The lowest BCUT2D eigenvalue weighted by molar-refractivity contribution is -0.138. The van der Waals surface area contributed by atoms with Gasteiger partial charge >= 0.3 is 6.18 Å². The predicted octanol–water partition coefficient (Wildman–Crippen LogP) is 4.09. The van der Waals surface area contributed by atoms with E-state index >= 15 is 0 Å². The van der Waals surface area contributed by atoms with Crippen LogP contribution in [-0.2, 0) is 6.18 Å². The number of aryl methyl sites for hydroxylation is 2. The summed E-state index contributed by atoms with van der Waals surface area (Å²) in [6.45, 7) is 3.30. The third-order valence-corrected chi connectivity index (χ3v) is 3.82. The first-order chi connectivity index (χ1) is 9.34. The maximum Gasteiger partial charge on any atom is 0.416 e. The van der Waals surface area contributed by atoms with E-state index in [0.717, 1.165) is 11.1 Å². The Kier molecular flexibility index (Phi) is 2.82. The third kappa shape index (κ3) is 2.18. The molecule has 3 nitrogen and oxygen atoms in total. The molecule has 0 aliphatic rings. The Morgan fingerprint density at radius 3 is 2.60 bits per heavy atom. The van der Waals surface area contributed by atoms with Crippen molar-refractivity contribution in [2.45, 2.75) is 20.0 Å². The average molecular weight is 297 g/mol. The highest BCUT2D eigenvalue weighted by Gasteiger charge is 2.32. The second-order valence-corrected chi connectivity index (χ2v) is 5.66. The molecule has 0 aliphatic heterocycles. The summed E-state index contributed by atoms with van der Waals surface area (Å²) in [6, 6.07) is 4.24. The zero-order chi connectivity index (χ0) is 14.5. The Labute approximate surface area is 116 Å². The number of hydrogen-bond donors (Lipinski definition) is 0. The van der Waals surface area contributed by atoms with E-state index in [-0.39, 0.29) is 5.56 Å². The van der Waals surface area contributed by atoms with Gasteiger partial charge in [-0.1, -0.05) is 23.5 Å². The highest BCUT2D eigenvalue weighted by Crippen LogP contribution is 2.34. The Balaban J connectivity index is 2.11. The van der Waals surface area contributed by atoms with Crippen LogP contribution in [0.2, 0.25) is 0 Å². The lowest BCUT2D eigenvalue weighted by Gasteiger charge is -2.11. The Hall–Kier alpha value is -1.89. The summed E-state index contributed by atoms with van der Waals surface area (Å²) >= 11 is 1.40. The summed E-state index contributed by atoms with van der Waals surface area (Å²) in [5.74, 6) is 0. The van der Waals surface area contributed by atoms with E-state index in [0.29, 0.717) is 16.2 Å². The molecule has 2 heterocycles. The largest absolute Gasteiger partial charge is 0.416 e. The molecule has 20 heavy (non-hydrogen) atoms. The van der Waals surface area contributed by atoms with Crippen LogP contribution in [0.15, 0.2) is 24.4 Å². The molecule has 0 amide bonds. The number of aromatic nitrogens is 3. The minimum atomic E-state index is -4.36. The average Bonchev–Trinajstić information content (AvgIpc) is 2.85.